The first-order chi connectivity index (χ1) is 10.3. The Labute approximate surface area is 122 Å². The first-order valence-electron chi connectivity index (χ1n) is 6.63. The van der Waals surface area contributed by atoms with Crippen LogP contribution >= 0.6 is 0 Å². The second-order valence-corrected chi connectivity index (χ2v) is 4.37. The van der Waals surface area contributed by atoms with Gasteiger partial charge in [-0.25, -0.2) is 9.97 Å². The lowest BCUT2D eigenvalue weighted by Crippen LogP contribution is -2.04. The molecule has 106 valence electrons. The van der Waals surface area contributed by atoms with E-state index >= 15 is 0 Å². The van der Waals surface area contributed by atoms with Gasteiger partial charge < -0.3 is 10.5 Å². The van der Waals surface area contributed by atoms with Gasteiger partial charge in [-0.1, -0.05) is 0 Å². The summed E-state index contributed by atoms with van der Waals surface area (Å²) < 4.78 is 7.22. The molecule has 1 aromatic carbocycles. The molecule has 0 aliphatic carbocycles. The molecule has 2 heterocycles. The van der Waals surface area contributed by atoms with Crippen LogP contribution in [0, 0.1) is 0 Å². The van der Waals surface area contributed by atoms with Gasteiger partial charge in [-0.3, -0.25) is 4.57 Å². The number of rotatable bonds is 4. The van der Waals surface area contributed by atoms with Crippen molar-refractivity contribution in [3.05, 3.63) is 48.9 Å². The van der Waals surface area contributed by atoms with Crippen LogP contribution < -0.4 is 10.5 Å². The Balaban J connectivity index is 2.02. The van der Waals surface area contributed by atoms with E-state index in [1.165, 1.54) is 0 Å². The van der Waals surface area contributed by atoms with E-state index in [0.717, 1.165) is 11.4 Å². The molecule has 0 spiro atoms. The van der Waals surface area contributed by atoms with Crippen LogP contribution in [0.5, 0.6) is 5.88 Å². The number of hydrogen-bond donors (Lipinski definition) is 1. The molecular weight excluding hydrogens is 266 g/mol. The molecule has 21 heavy (non-hydrogen) atoms. The third-order valence-electron chi connectivity index (χ3n) is 2.93. The van der Waals surface area contributed by atoms with Gasteiger partial charge in [0.2, 0.25) is 11.8 Å². The van der Waals surface area contributed by atoms with Crippen LogP contribution in [-0.4, -0.2) is 26.1 Å². The maximum atomic E-state index is 5.71. The van der Waals surface area contributed by atoms with E-state index in [1.54, 1.807) is 18.5 Å². The van der Waals surface area contributed by atoms with Gasteiger partial charge in [0.15, 0.2) is 0 Å². The Morgan fingerprint density at radius 1 is 1.10 bits per heavy atom. The smallest absolute Gasteiger partial charge is 0.238 e. The Bertz CT molecular complexity index is 736. The molecule has 0 aliphatic heterocycles. The molecule has 2 N–H and O–H groups in total. The quantitative estimate of drug-likeness (QED) is 0.742. The summed E-state index contributed by atoms with van der Waals surface area (Å²) in [5.74, 6) is 1.81. The lowest BCUT2D eigenvalue weighted by molar-refractivity contribution is 0.326. The normalized spacial score (nSPS) is 10.5. The van der Waals surface area contributed by atoms with Gasteiger partial charge in [0.25, 0.3) is 0 Å². The maximum absolute atomic E-state index is 5.71. The number of benzene rings is 1. The van der Waals surface area contributed by atoms with Crippen molar-refractivity contribution in [3.8, 4) is 23.2 Å². The molecule has 6 heteroatoms. The Kier molecular flexibility index (Phi) is 3.51. The second-order valence-electron chi connectivity index (χ2n) is 4.37. The highest BCUT2D eigenvalue weighted by Crippen LogP contribution is 2.21. The van der Waals surface area contributed by atoms with Crippen LogP contribution in [0.2, 0.25) is 0 Å². The zero-order chi connectivity index (χ0) is 14.7. The van der Waals surface area contributed by atoms with Crippen molar-refractivity contribution >= 4 is 5.69 Å². The molecular formula is C15H15N5O. The monoisotopic (exact) mass is 281 g/mol. The van der Waals surface area contributed by atoms with E-state index in [9.17, 15) is 0 Å². The number of imidazole rings is 1. The van der Waals surface area contributed by atoms with Crippen LogP contribution in [0.1, 0.15) is 6.92 Å². The van der Waals surface area contributed by atoms with Crippen molar-refractivity contribution in [2.75, 3.05) is 12.3 Å². The molecule has 0 aliphatic rings. The third-order valence-corrected chi connectivity index (χ3v) is 2.93. The van der Waals surface area contributed by atoms with Gasteiger partial charge in [-0.2, -0.15) is 4.98 Å². The van der Waals surface area contributed by atoms with E-state index in [2.05, 4.69) is 15.0 Å². The third kappa shape index (κ3) is 2.69. The number of hydrogen-bond acceptors (Lipinski definition) is 5. The van der Waals surface area contributed by atoms with Crippen LogP contribution in [0.4, 0.5) is 5.69 Å². The minimum absolute atomic E-state index is 0.519. The predicted molar refractivity (Wildman–Crippen MR) is 80.2 cm³/mol. The number of ether oxygens (including phenoxy) is 1. The summed E-state index contributed by atoms with van der Waals surface area (Å²) in [6.07, 6.45) is 5.19. The van der Waals surface area contributed by atoms with E-state index in [0.29, 0.717) is 24.1 Å². The number of nitrogen functional groups attached to an aromatic ring is 1. The van der Waals surface area contributed by atoms with E-state index in [4.69, 9.17) is 10.5 Å². The van der Waals surface area contributed by atoms with E-state index in [-0.39, 0.29) is 0 Å². The van der Waals surface area contributed by atoms with Crippen molar-refractivity contribution in [1.29, 1.82) is 0 Å². The molecule has 2 aromatic heterocycles. The van der Waals surface area contributed by atoms with Crippen LogP contribution in [-0.2, 0) is 0 Å². The molecule has 3 rings (SSSR count). The fourth-order valence-electron chi connectivity index (χ4n) is 1.99. The molecule has 3 aromatic rings. The molecule has 0 amide bonds. The van der Waals surface area contributed by atoms with Crippen molar-refractivity contribution in [1.82, 2.24) is 19.5 Å². The molecule has 6 nitrogen and oxygen atoms in total. The van der Waals surface area contributed by atoms with Crippen molar-refractivity contribution < 1.29 is 4.74 Å². The Morgan fingerprint density at radius 3 is 2.67 bits per heavy atom. The largest absolute Gasteiger partial charge is 0.478 e. The lowest BCUT2D eigenvalue weighted by atomic mass is 10.2. The van der Waals surface area contributed by atoms with Crippen molar-refractivity contribution in [2.45, 2.75) is 6.92 Å². The summed E-state index contributed by atoms with van der Waals surface area (Å²) in [5, 5.41) is 0. The lowest BCUT2D eigenvalue weighted by Gasteiger charge is -2.08. The number of anilines is 1. The first-order valence-corrected chi connectivity index (χ1v) is 6.63. The summed E-state index contributed by atoms with van der Waals surface area (Å²) >= 11 is 0. The van der Waals surface area contributed by atoms with Gasteiger partial charge in [0, 0.05) is 35.9 Å². The topological polar surface area (TPSA) is 78.8 Å². The van der Waals surface area contributed by atoms with Crippen molar-refractivity contribution in [2.24, 2.45) is 0 Å². The average Bonchev–Trinajstić information content (AvgIpc) is 2.98. The van der Waals surface area contributed by atoms with Gasteiger partial charge in [-0.15, -0.1) is 0 Å². The first kappa shape index (κ1) is 13.1. The fraction of sp³-hybridized carbons (Fsp3) is 0.133. The van der Waals surface area contributed by atoms with Gasteiger partial charge in [0.05, 0.1) is 6.61 Å². The molecule has 0 radical (unpaired) electrons. The van der Waals surface area contributed by atoms with Crippen LogP contribution in [0.25, 0.3) is 17.3 Å². The molecule has 0 saturated heterocycles. The zero-order valence-electron chi connectivity index (χ0n) is 11.6. The summed E-state index contributed by atoms with van der Waals surface area (Å²) in [6.45, 7) is 2.48. The second kappa shape index (κ2) is 5.62. The predicted octanol–water partition coefficient (Wildman–Crippen LogP) is 2.31. The van der Waals surface area contributed by atoms with Crippen LogP contribution in [0.3, 0.4) is 0 Å². The maximum Gasteiger partial charge on any atom is 0.238 e. The zero-order valence-corrected chi connectivity index (χ0v) is 11.6. The summed E-state index contributed by atoms with van der Waals surface area (Å²) in [4.78, 5) is 13.0. The van der Waals surface area contributed by atoms with Gasteiger partial charge >= 0.3 is 0 Å². The molecule has 0 saturated carbocycles. The van der Waals surface area contributed by atoms with E-state index in [1.807, 2.05) is 42.0 Å². The Hall–Kier alpha value is -2.89. The van der Waals surface area contributed by atoms with Crippen molar-refractivity contribution in [3.63, 3.8) is 0 Å². The summed E-state index contributed by atoms with van der Waals surface area (Å²) in [6, 6.07) is 9.24. The molecule has 0 atom stereocenters. The molecule has 0 fully saturated rings. The average molecular weight is 281 g/mol. The minimum Gasteiger partial charge on any atom is -0.478 e. The SMILES string of the molecule is CCOc1ccnc(-n2ccnc2-c2ccc(N)cc2)n1. The highest BCUT2D eigenvalue weighted by molar-refractivity contribution is 5.60. The van der Waals surface area contributed by atoms with Gasteiger partial charge in [-0.05, 0) is 31.2 Å². The minimum atomic E-state index is 0.519. The Morgan fingerprint density at radius 2 is 1.90 bits per heavy atom. The molecule has 0 unspecified atom stereocenters. The summed E-state index contributed by atoms with van der Waals surface area (Å²) in [5.41, 5.74) is 7.37. The fourth-order valence-corrected chi connectivity index (χ4v) is 1.99. The van der Waals surface area contributed by atoms with E-state index < -0.39 is 0 Å². The number of nitrogens with zero attached hydrogens (tertiary/aromatic N) is 4. The highest BCUT2D eigenvalue weighted by Gasteiger charge is 2.10. The van der Waals surface area contributed by atoms with Gasteiger partial charge in [0.1, 0.15) is 5.82 Å². The number of aromatic nitrogens is 4. The highest BCUT2D eigenvalue weighted by atomic mass is 16.5. The summed E-state index contributed by atoms with van der Waals surface area (Å²) in [7, 11) is 0. The number of nitrogens with two attached hydrogens (primary N) is 1. The molecule has 0 bridgehead atoms. The standard InChI is InChI=1S/C15H15N5O/c1-2-21-13-7-8-18-15(19-13)20-10-9-17-14(20)11-3-5-12(16)6-4-11/h3-10H,2,16H2,1H3. The van der Waals surface area contributed by atoms with Crippen LogP contribution in [0.15, 0.2) is 48.9 Å².